The standard InChI is InChI=1S/C30H29F3N6O5S/c1-17-13-24(38-45(42,43)18(2)19-7-4-3-5-8-19)25(32)26(33)27(17)44-28-22(9-6-11-34-28)23-10-12-35-29(37-23)36-21-14-20(31)15-39(16-21)30(40)41/h3-13,18,20-21,38H,14-16H2,1-2H3,(H,40,41)(H,35,36,37)/t18?,20-,21-/m0/s1. The van der Waals surface area contributed by atoms with E-state index in [1.807, 2.05) is 0 Å². The summed E-state index contributed by atoms with van der Waals surface area (Å²) in [7, 11) is -4.14. The number of carboxylic acid groups (broad SMARTS) is 1. The van der Waals surface area contributed by atoms with Gasteiger partial charge in [0, 0.05) is 31.4 Å². The summed E-state index contributed by atoms with van der Waals surface area (Å²) in [4.78, 5) is 25.0. The van der Waals surface area contributed by atoms with E-state index in [0.717, 1.165) is 11.0 Å². The Morgan fingerprint density at radius 1 is 1.07 bits per heavy atom. The normalized spacial score (nSPS) is 17.4. The number of halogens is 3. The lowest BCUT2D eigenvalue weighted by atomic mass is 10.0. The van der Waals surface area contributed by atoms with Crippen LogP contribution in [-0.4, -0.2) is 64.8 Å². The van der Waals surface area contributed by atoms with Crippen molar-refractivity contribution < 1.29 is 36.2 Å². The first kappa shape index (κ1) is 31.5. The molecule has 0 bridgehead atoms. The van der Waals surface area contributed by atoms with Gasteiger partial charge in [-0.2, -0.15) is 4.39 Å². The molecule has 5 rings (SSSR count). The van der Waals surface area contributed by atoms with Gasteiger partial charge in [0.15, 0.2) is 11.6 Å². The van der Waals surface area contributed by atoms with Crippen LogP contribution in [0.25, 0.3) is 11.3 Å². The molecule has 1 aliphatic heterocycles. The van der Waals surface area contributed by atoms with E-state index in [4.69, 9.17) is 4.74 Å². The monoisotopic (exact) mass is 642 g/mol. The van der Waals surface area contributed by atoms with Crippen LogP contribution in [0.2, 0.25) is 0 Å². The van der Waals surface area contributed by atoms with Crippen molar-refractivity contribution >= 4 is 27.8 Å². The highest BCUT2D eigenvalue weighted by Crippen LogP contribution is 2.37. The summed E-state index contributed by atoms with van der Waals surface area (Å²) in [5.74, 6) is -3.44. The van der Waals surface area contributed by atoms with Crippen LogP contribution in [0.15, 0.2) is 67.0 Å². The highest BCUT2D eigenvalue weighted by Gasteiger charge is 2.31. The molecule has 0 spiro atoms. The molecule has 15 heteroatoms. The molecule has 0 saturated carbocycles. The van der Waals surface area contributed by atoms with E-state index in [1.54, 1.807) is 42.5 Å². The minimum absolute atomic E-state index is 0.0338. The van der Waals surface area contributed by atoms with Gasteiger partial charge in [-0.1, -0.05) is 30.3 Å². The number of nitrogens with zero attached hydrogens (tertiary/aromatic N) is 4. The number of nitrogens with one attached hydrogen (secondary N) is 2. The largest absolute Gasteiger partial charge is 0.465 e. The zero-order chi connectivity index (χ0) is 32.3. The number of piperidine rings is 1. The minimum atomic E-state index is -4.14. The Bertz CT molecular complexity index is 1820. The van der Waals surface area contributed by atoms with Crippen LogP contribution in [0, 0.1) is 18.6 Å². The van der Waals surface area contributed by atoms with E-state index in [-0.39, 0.29) is 48.2 Å². The number of alkyl halides is 1. The van der Waals surface area contributed by atoms with Gasteiger partial charge < -0.3 is 20.1 Å². The second kappa shape index (κ2) is 13.0. The summed E-state index contributed by atoms with van der Waals surface area (Å²) in [5.41, 5.74) is 0.536. The van der Waals surface area contributed by atoms with Crippen LogP contribution in [0.3, 0.4) is 0 Å². The molecule has 3 N–H and O–H groups in total. The van der Waals surface area contributed by atoms with Gasteiger partial charge in [-0.15, -0.1) is 0 Å². The quantitative estimate of drug-likeness (QED) is 0.202. The van der Waals surface area contributed by atoms with E-state index in [0.29, 0.717) is 5.56 Å². The maximum atomic E-state index is 15.4. The molecular formula is C30H29F3N6O5S. The van der Waals surface area contributed by atoms with Crippen LogP contribution >= 0.6 is 0 Å². The van der Waals surface area contributed by atoms with Crippen LogP contribution in [-0.2, 0) is 10.0 Å². The third-order valence-corrected chi connectivity index (χ3v) is 8.95. The smallest absolute Gasteiger partial charge is 0.407 e. The predicted molar refractivity (Wildman–Crippen MR) is 160 cm³/mol. The van der Waals surface area contributed by atoms with Crippen molar-refractivity contribution in [1.82, 2.24) is 19.9 Å². The molecule has 0 aliphatic carbocycles. The number of benzene rings is 2. The number of amides is 1. The first-order valence-corrected chi connectivity index (χ1v) is 15.4. The lowest BCUT2D eigenvalue weighted by Gasteiger charge is -2.33. The molecule has 1 fully saturated rings. The number of hydrogen-bond acceptors (Lipinski definition) is 8. The fourth-order valence-corrected chi connectivity index (χ4v) is 6.05. The molecule has 1 aliphatic rings. The summed E-state index contributed by atoms with van der Waals surface area (Å²) in [6, 6.07) is 13.5. The highest BCUT2D eigenvalue weighted by atomic mass is 32.2. The lowest BCUT2D eigenvalue weighted by Crippen LogP contribution is -2.49. The fraction of sp³-hybridized carbons (Fsp3) is 0.267. The number of hydrogen-bond donors (Lipinski definition) is 3. The number of pyridine rings is 1. The van der Waals surface area contributed by atoms with Gasteiger partial charge in [0.25, 0.3) is 0 Å². The zero-order valence-corrected chi connectivity index (χ0v) is 24.9. The maximum absolute atomic E-state index is 15.4. The topological polar surface area (TPSA) is 147 Å². The molecule has 1 amide bonds. The van der Waals surface area contributed by atoms with E-state index < -0.39 is 56.7 Å². The Labute approximate surface area is 257 Å². The number of rotatable bonds is 9. The molecule has 2 aromatic heterocycles. The molecule has 1 saturated heterocycles. The maximum Gasteiger partial charge on any atom is 0.407 e. The Kier molecular flexibility index (Phi) is 9.09. The summed E-state index contributed by atoms with van der Waals surface area (Å²) >= 11 is 0. The SMILES string of the molecule is Cc1cc(NS(=O)(=O)C(C)c2ccccc2)c(F)c(F)c1Oc1ncccc1-c1ccnc(N[C@H]2C[C@H](F)CN(C(=O)O)C2)n1. The van der Waals surface area contributed by atoms with Gasteiger partial charge in [0.2, 0.25) is 27.7 Å². The van der Waals surface area contributed by atoms with E-state index in [2.05, 4.69) is 25.0 Å². The Hall–Kier alpha value is -4.92. The first-order valence-electron chi connectivity index (χ1n) is 13.8. The van der Waals surface area contributed by atoms with E-state index in [9.17, 15) is 22.7 Å². The number of carbonyl (C=O) groups is 1. The highest BCUT2D eigenvalue weighted by molar-refractivity contribution is 7.92. The van der Waals surface area contributed by atoms with Crippen molar-refractivity contribution in [3.8, 4) is 22.9 Å². The molecule has 3 heterocycles. The molecule has 236 valence electrons. The molecule has 2 aromatic carbocycles. The van der Waals surface area contributed by atoms with Crippen molar-refractivity contribution in [2.75, 3.05) is 23.1 Å². The number of aryl methyl sites for hydroxylation is 1. The molecule has 0 radical (unpaired) electrons. The van der Waals surface area contributed by atoms with Crippen molar-refractivity contribution in [3.63, 3.8) is 0 Å². The minimum Gasteiger partial charge on any atom is -0.465 e. The van der Waals surface area contributed by atoms with Crippen LogP contribution < -0.4 is 14.8 Å². The molecule has 4 aromatic rings. The third-order valence-electron chi connectivity index (χ3n) is 7.24. The average molecular weight is 643 g/mol. The van der Waals surface area contributed by atoms with E-state index in [1.165, 1.54) is 32.3 Å². The fourth-order valence-electron chi connectivity index (χ4n) is 4.90. The molecule has 1 unspecified atom stereocenters. The molecular weight excluding hydrogens is 613 g/mol. The number of likely N-dealkylation sites (tertiary alicyclic amines) is 1. The number of ether oxygens (including phenoxy) is 1. The zero-order valence-electron chi connectivity index (χ0n) is 24.1. The number of sulfonamides is 1. The van der Waals surface area contributed by atoms with Crippen molar-refractivity contribution in [1.29, 1.82) is 0 Å². The van der Waals surface area contributed by atoms with E-state index >= 15 is 8.78 Å². The lowest BCUT2D eigenvalue weighted by molar-refractivity contribution is 0.102. The molecule has 3 atom stereocenters. The summed E-state index contributed by atoms with van der Waals surface area (Å²) in [6.07, 6.45) is 0.248. The predicted octanol–water partition coefficient (Wildman–Crippen LogP) is 5.92. The second-order valence-electron chi connectivity index (χ2n) is 10.5. The number of aromatic nitrogens is 3. The Morgan fingerprint density at radius 3 is 2.56 bits per heavy atom. The van der Waals surface area contributed by atoms with Gasteiger partial charge in [-0.05, 0) is 49.2 Å². The van der Waals surface area contributed by atoms with Crippen molar-refractivity contribution in [3.05, 3.63) is 89.8 Å². The van der Waals surface area contributed by atoms with Crippen molar-refractivity contribution in [2.24, 2.45) is 0 Å². The van der Waals surface area contributed by atoms with Gasteiger partial charge in [0.1, 0.15) is 11.4 Å². The molecule has 45 heavy (non-hydrogen) atoms. The van der Waals surface area contributed by atoms with Crippen molar-refractivity contribution in [2.45, 2.75) is 37.7 Å². The van der Waals surface area contributed by atoms with Crippen LogP contribution in [0.1, 0.15) is 29.7 Å². The second-order valence-corrected chi connectivity index (χ2v) is 12.5. The van der Waals surface area contributed by atoms with Gasteiger partial charge in [-0.25, -0.2) is 36.9 Å². The third kappa shape index (κ3) is 7.09. The van der Waals surface area contributed by atoms with Gasteiger partial charge in [-0.3, -0.25) is 4.72 Å². The summed E-state index contributed by atoms with van der Waals surface area (Å²) < 4.78 is 78.6. The number of anilines is 2. The van der Waals surface area contributed by atoms with Crippen LogP contribution in [0.5, 0.6) is 11.6 Å². The Morgan fingerprint density at radius 2 is 1.82 bits per heavy atom. The first-order chi connectivity index (χ1) is 21.4. The Balaban J connectivity index is 1.38. The van der Waals surface area contributed by atoms with Gasteiger partial charge >= 0.3 is 6.09 Å². The summed E-state index contributed by atoms with van der Waals surface area (Å²) in [5, 5.41) is 11.2. The van der Waals surface area contributed by atoms with Crippen LogP contribution in [0.4, 0.5) is 29.6 Å². The summed E-state index contributed by atoms with van der Waals surface area (Å²) in [6.45, 7) is 2.67. The average Bonchev–Trinajstić information content (AvgIpc) is 3.02. The molecule has 11 nitrogen and oxygen atoms in total. The van der Waals surface area contributed by atoms with Gasteiger partial charge in [0.05, 0.1) is 23.5 Å².